The SMILES string of the molecule is CCCOc1ccc(OCC(NC2CC2)C(N)=O)cc1. The van der Waals surface area contributed by atoms with E-state index in [1.807, 2.05) is 24.3 Å². The molecular formula is C15H22N2O3. The second kappa shape index (κ2) is 7.14. The summed E-state index contributed by atoms with van der Waals surface area (Å²) in [5, 5.41) is 3.18. The Hall–Kier alpha value is -1.75. The molecule has 110 valence electrons. The van der Waals surface area contributed by atoms with Crippen LogP contribution in [0, 0.1) is 0 Å². The number of rotatable bonds is 9. The van der Waals surface area contributed by atoms with Crippen LogP contribution in [0.25, 0.3) is 0 Å². The molecule has 1 fully saturated rings. The lowest BCUT2D eigenvalue weighted by Crippen LogP contribution is -2.46. The standard InChI is InChI=1S/C15H22N2O3/c1-2-9-19-12-5-7-13(8-6-12)20-10-14(15(16)18)17-11-3-4-11/h5-8,11,14,17H,2-4,9-10H2,1H3,(H2,16,18). The van der Waals surface area contributed by atoms with E-state index in [4.69, 9.17) is 15.2 Å². The number of nitrogens with one attached hydrogen (secondary N) is 1. The van der Waals surface area contributed by atoms with E-state index in [9.17, 15) is 4.79 Å². The molecule has 3 N–H and O–H groups in total. The van der Waals surface area contributed by atoms with Crippen molar-refractivity contribution in [3.05, 3.63) is 24.3 Å². The van der Waals surface area contributed by atoms with Gasteiger partial charge in [-0.05, 0) is 43.5 Å². The van der Waals surface area contributed by atoms with Crippen molar-refractivity contribution < 1.29 is 14.3 Å². The Labute approximate surface area is 119 Å². The number of amides is 1. The summed E-state index contributed by atoms with van der Waals surface area (Å²) in [6.07, 6.45) is 3.19. The van der Waals surface area contributed by atoms with Gasteiger partial charge in [-0.15, -0.1) is 0 Å². The van der Waals surface area contributed by atoms with Crippen molar-refractivity contribution in [2.24, 2.45) is 5.73 Å². The van der Waals surface area contributed by atoms with Gasteiger partial charge >= 0.3 is 0 Å². The number of hydrogen-bond acceptors (Lipinski definition) is 4. The molecule has 0 bridgehead atoms. The molecule has 5 nitrogen and oxygen atoms in total. The van der Waals surface area contributed by atoms with E-state index in [1.54, 1.807) is 0 Å². The molecule has 0 aliphatic heterocycles. The summed E-state index contributed by atoms with van der Waals surface area (Å²) in [5.74, 6) is 1.15. The Morgan fingerprint density at radius 2 is 1.90 bits per heavy atom. The summed E-state index contributed by atoms with van der Waals surface area (Å²) in [4.78, 5) is 11.3. The maximum atomic E-state index is 11.3. The fraction of sp³-hybridized carbons (Fsp3) is 0.533. The first kappa shape index (κ1) is 14.7. The first-order valence-corrected chi connectivity index (χ1v) is 7.10. The van der Waals surface area contributed by atoms with Gasteiger partial charge in [0, 0.05) is 6.04 Å². The van der Waals surface area contributed by atoms with Gasteiger partial charge in [-0.1, -0.05) is 6.92 Å². The van der Waals surface area contributed by atoms with Crippen LogP contribution >= 0.6 is 0 Å². The Balaban J connectivity index is 1.80. The van der Waals surface area contributed by atoms with E-state index < -0.39 is 6.04 Å². The van der Waals surface area contributed by atoms with Crippen molar-refractivity contribution in [1.82, 2.24) is 5.32 Å². The second-order valence-corrected chi connectivity index (χ2v) is 5.03. The summed E-state index contributed by atoms with van der Waals surface area (Å²) < 4.78 is 11.1. The number of nitrogens with two attached hydrogens (primary N) is 1. The van der Waals surface area contributed by atoms with Gasteiger partial charge in [0.2, 0.25) is 5.91 Å². The molecule has 1 aliphatic carbocycles. The van der Waals surface area contributed by atoms with Crippen molar-refractivity contribution in [1.29, 1.82) is 0 Å². The normalized spacial score (nSPS) is 15.7. The topological polar surface area (TPSA) is 73.6 Å². The van der Waals surface area contributed by atoms with Crippen LogP contribution in [0.3, 0.4) is 0 Å². The van der Waals surface area contributed by atoms with Crippen LogP contribution in [0.4, 0.5) is 0 Å². The highest BCUT2D eigenvalue weighted by molar-refractivity contribution is 5.80. The molecule has 2 rings (SSSR count). The maximum Gasteiger partial charge on any atom is 0.238 e. The van der Waals surface area contributed by atoms with Crippen LogP contribution in [-0.2, 0) is 4.79 Å². The number of primary amides is 1. The Morgan fingerprint density at radius 1 is 1.30 bits per heavy atom. The molecular weight excluding hydrogens is 256 g/mol. The monoisotopic (exact) mass is 278 g/mol. The van der Waals surface area contributed by atoms with E-state index in [-0.39, 0.29) is 12.5 Å². The third-order valence-electron chi connectivity index (χ3n) is 3.07. The number of ether oxygens (including phenoxy) is 2. The van der Waals surface area contributed by atoms with Crippen molar-refractivity contribution >= 4 is 5.91 Å². The van der Waals surface area contributed by atoms with E-state index in [0.717, 1.165) is 25.0 Å². The van der Waals surface area contributed by atoms with Crippen LogP contribution in [-0.4, -0.2) is 31.2 Å². The van der Waals surface area contributed by atoms with E-state index in [2.05, 4.69) is 12.2 Å². The van der Waals surface area contributed by atoms with E-state index >= 15 is 0 Å². The summed E-state index contributed by atoms with van der Waals surface area (Å²) in [7, 11) is 0. The zero-order valence-corrected chi connectivity index (χ0v) is 11.8. The molecule has 1 saturated carbocycles. The Morgan fingerprint density at radius 3 is 2.40 bits per heavy atom. The van der Waals surface area contributed by atoms with Gasteiger partial charge in [0.15, 0.2) is 0 Å². The molecule has 1 unspecified atom stereocenters. The molecule has 1 aromatic rings. The Bertz CT molecular complexity index is 429. The predicted octanol–water partition coefficient (Wildman–Crippen LogP) is 1.46. The average Bonchev–Trinajstić information content (AvgIpc) is 3.26. The molecule has 1 amide bonds. The van der Waals surface area contributed by atoms with Gasteiger partial charge in [-0.3, -0.25) is 4.79 Å². The zero-order valence-electron chi connectivity index (χ0n) is 11.8. The van der Waals surface area contributed by atoms with Gasteiger partial charge in [0.25, 0.3) is 0 Å². The van der Waals surface area contributed by atoms with Crippen molar-refractivity contribution in [2.45, 2.75) is 38.3 Å². The minimum Gasteiger partial charge on any atom is -0.494 e. The molecule has 0 heterocycles. The highest BCUT2D eigenvalue weighted by Crippen LogP contribution is 2.20. The van der Waals surface area contributed by atoms with Crippen molar-refractivity contribution in [2.75, 3.05) is 13.2 Å². The number of carbonyl (C=O) groups is 1. The van der Waals surface area contributed by atoms with Crippen LogP contribution in [0.15, 0.2) is 24.3 Å². The molecule has 0 radical (unpaired) electrons. The summed E-state index contributed by atoms with van der Waals surface area (Å²) >= 11 is 0. The first-order chi connectivity index (χ1) is 9.69. The molecule has 20 heavy (non-hydrogen) atoms. The lowest BCUT2D eigenvalue weighted by molar-refractivity contribution is -0.120. The van der Waals surface area contributed by atoms with E-state index in [1.165, 1.54) is 0 Å². The number of hydrogen-bond donors (Lipinski definition) is 2. The predicted molar refractivity (Wildman–Crippen MR) is 76.9 cm³/mol. The summed E-state index contributed by atoms with van der Waals surface area (Å²) in [6.45, 7) is 3.02. The number of benzene rings is 1. The minimum absolute atomic E-state index is 0.251. The van der Waals surface area contributed by atoms with Crippen LogP contribution in [0.1, 0.15) is 26.2 Å². The van der Waals surface area contributed by atoms with Gasteiger partial charge in [0.05, 0.1) is 6.61 Å². The largest absolute Gasteiger partial charge is 0.494 e. The zero-order chi connectivity index (χ0) is 14.4. The molecule has 1 aromatic carbocycles. The molecule has 0 saturated heterocycles. The minimum atomic E-state index is -0.432. The molecule has 1 aliphatic rings. The first-order valence-electron chi connectivity index (χ1n) is 7.10. The average molecular weight is 278 g/mol. The lowest BCUT2D eigenvalue weighted by Gasteiger charge is -2.16. The highest BCUT2D eigenvalue weighted by atomic mass is 16.5. The quantitative estimate of drug-likeness (QED) is 0.717. The molecule has 0 aromatic heterocycles. The summed E-state index contributed by atoms with van der Waals surface area (Å²) in [5.41, 5.74) is 5.35. The van der Waals surface area contributed by atoms with Gasteiger partial charge in [0.1, 0.15) is 24.1 Å². The smallest absolute Gasteiger partial charge is 0.238 e. The molecule has 5 heteroatoms. The highest BCUT2D eigenvalue weighted by Gasteiger charge is 2.27. The van der Waals surface area contributed by atoms with Gasteiger partial charge in [-0.25, -0.2) is 0 Å². The van der Waals surface area contributed by atoms with Gasteiger partial charge in [-0.2, -0.15) is 0 Å². The summed E-state index contributed by atoms with van der Waals surface area (Å²) in [6, 6.07) is 7.37. The van der Waals surface area contributed by atoms with Crippen molar-refractivity contribution in [3.63, 3.8) is 0 Å². The van der Waals surface area contributed by atoms with Crippen molar-refractivity contribution in [3.8, 4) is 11.5 Å². The second-order valence-electron chi connectivity index (χ2n) is 5.03. The van der Waals surface area contributed by atoms with Crippen LogP contribution < -0.4 is 20.5 Å². The molecule has 0 spiro atoms. The third kappa shape index (κ3) is 4.74. The number of carbonyl (C=O) groups excluding carboxylic acids is 1. The fourth-order valence-electron chi connectivity index (χ4n) is 1.78. The fourth-order valence-corrected chi connectivity index (χ4v) is 1.78. The Kier molecular flexibility index (Phi) is 5.24. The molecule has 1 atom stereocenters. The van der Waals surface area contributed by atoms with Crippen LogP contribution in [0.2, 0.25) is 0 Å². The van der Waals surface area contributed by atoms with Crippen LogP contribution in [0.5, 0.6) is 11.5 Å². The third-order valence-corrected chi connectivity index (χ3v) is 3.07. The van der Waals surface area contributed by atoms with E-state index in [0.29, 0.717) is 18.4 Å². The lowest BCUT2D eigenvalue weighted by atomic mass is 10.3. The maximum absolute atomic E-state index is 11.3. The van der Waals surface area contributed by atoms with Gasteiger partial charge < -0.3 is 20.5 Å².